The third kappa shape index (κ3) is 2.93. The number of nitrogens with zero attached hydrogens (tertiary/aromatic N) is 1. The van der Waals surface area contributed by atoms with Crippen LogP contribution in [0, 0.1) is 0 Å². The van der Waals surface area contributed by atoms with Crippen LogP contribution in [0.4, 0.5) is 5.69 Å². The van der Waals surface area contributed by atoms with E-state index in [1.807, 2.05) is 18.2 Å². The molecule has 0 atom stereocenters. The van der Waals surface area contributed by atoms with E-state index >= 15 is 0 Å². The van der Waals surface area contributed by atoms with Crippen molar-refractivity contribution < 1.29 is 9.90 Å². The van der Waals surface area contributed by atoms with Crippen molar-refractivity contribution in [3.8, 4) is 0 Å². The van der Waals surface area contributed by atoms with Crippen molar-refractivity contribution >= 4 is 27.9 Å². The molecule has 0 heterocycles. The number of benzene rings is 1. The van der Waals surface area contributed by atoms with Gasteiger partial charge in [-0.15, -0.1) is 0 Å². The number of hydrogen-bond acceptors (Lipinski definition) is 3. The summed E-state index contributed by atoms with van der Waals surface area (Å²) >= 11 is 3.52. The van der Waals surface area contributed by atoms with Gasteiger partial charge in [-0.1, -0.05) is 12.8 Å². The van der Waals surface area contributed by atoms with Crippen LogP contribution in [0.3, 0.4) is 0 Å². The topological polar surface area (TPSA) is 40.5 Å². The molecule has 0 aliphatic heterocycles. The highest BCUT2D eigenvalue weighted by Crippen LogP contribution is 2.33. The van der Waals surface area contributed by atoms with Crippen molar-refractivity contribution in [1.29, 1.82) is 0 Å². The second kappa shape index (κ2) is 6.34. The normalized spacial score (nSPS) is 15.9. The lowest BCUT2D eigenvalue weighted by atomic mass is 10.1. The van der Waals surface area contributed by atoms with E-state index < -0.39 is 0 Å². The molecule has 0 saturated heterocycles. The third-order valence-electron chi connectivity index (χ3n) is 3.52. The molecule has 18 heavy (non-hydrogen) atoms. The monoisotopic (exact) mass is 311 g/mol. The second-order valence-electron chi connectivity index (χ2n) is 4.68. The second-order valence-corrected chi connectivity index (χ2v) is 5.54. The molecule has 0 amide bonds. The number of rotatable bonds is 5. The molecule has 1 saturated carbocycles. The molecule has 1 aliphatic carbocycles. The number of aldehydes is 1. The molecular weight excluding hydrogens is 294 g/mol. The van der Waals surface area contributed by atoms with E-state index in [0.29, 0.717) is 18.2 Å². The number of hydrogen-bond donors (Lipinski definition) is 1. The maximum Gasteiger partial charge on any atom is 0.150 e. The Balaban J connectivity index is 2.26. The average molecular weight is 312 g/mol. The summed E-state index contributed by atoms with van der Waals surface area (Å²) in [7, 11) is 0. The Kier molecular flexibility index (Phi) is 4.78. The van der Waals surface area contributed by atoms with Gasteiger partial charge in [0.15, 0.2) is 0 Å². The van der Waals surface area contributed by atoms with Gasteiger partial charge in [-0.25, -0.2) is 0 Å². The van der Waals surface area contributed by atoms with Gasteiger partial charge < -0.3 is 10.0 Å². The van der Waals surface area contributed by atoms with Crippen molar-refractivity contribution in [2.24, 2.45) is 0 Å². The minimum atomic E-state index is 0.151. The van der Waals surface area contributed by atoms with Crippen LogP contribution in [0.25, 0.3) is 0 Å². The Labute approximate surface area is 116 Å². The van der Waals surface area contributed by atoms with Crippen molar-refractivity contribution in [1.82, 2.24) is 0 Å². The number of halogens is 1. The number of anilines is 1. The highest BCUT2D eigenvalue weighted by atomic mass is 79.9. The Morgan fingerprint density at radius 3 is 2.67 bits per heavy atom. The highest BCUT2D eigenvalue weighted by Gasteiger charge is 2.23. The van der Waals surface area contributed by atoms with E-state index in [0.717, 1.165) is 16.4 Å². The molecule has 1 aromatic rings. The fourth-order valence-electron chi connectivity index (χ4n) is 2.65. The molecule has 0 radical (unpaired) electrons. The first-order chi connectivity index (χ1) is 8.76. The Morgan fingerprint density at radius 1 is 1.39 bits per heavy atom. The summed E-state index contributed by atoms with van der Waals surface area (Å²) in [5, 5.41) is 9.24. The number of aliphatic hydroxyl groups is 1. The van der Waals surface area contributed by atoms with Crippen LogP contribution in [-0.4, -0.2) is 30.6 Å². The van der Waals surface area contributed by atoms with Gasteiger partial charge in [-0.2, -0.15) is 0 Å². The zero-order valence-corrected chi connectivity index (χ0v) is 11.9. The van der Waals surface area contributed by atoms with Gasteiger partial charge >= 0.3 is 0 Å². The van der Waals surface area contributed by atoms with E-state index in [9.17, 15) is 9.90 Å². The first-order valence-corrected chi connectivity index (χ1v) is 7.18. The molecule has 0 spiro atoms. The van der Waals surface area contributed by atoms with Gasteiger partial charge in [0.25, 0.3) is 0 Å². The molecule has 0 bridgehead atoms. The number of aliphatic hydroxyl groups excluding tert-OH is 1. The van der Waals surface area contributed by atoms with Gasteiger partial charge in [-0.3, -0.25) is 4.79 Å². The third-order valence-corrected chi connectivity index (χ3v) is 4.16. The predicted octanol–water partition coefficient (Wildman–Crippen LogP) is 3.00. The van der Waals surface area contributed by atoms with Gasteiger partial charge in [0, 0.05) is 22.6 Å². The van der Waals surface area contributed by atoms with Crippen LogP contribution in [0.1, 0.15) is 36.0 Å². The molecule has 98 valence electrons. The van der Waals surface area contributed by atoms with Crippen LogP contribution in [-0.2, 0) is 0 Å². The van der Waals surface area contributed by atoms with Gasteiger partial charge in [0.05, 0.1) is 12.3 Å². The summed E-state index contributed by atoms with van der Waals surface area (Å²) in [4.78, 5) is 13.0. The van der Waals surface area contributed by atoms with Crippen LogP contribution in [0.15, 0.2) is 22.7 Å². The maximum atomic E-state index is 10.7. The van der Waals surface area contributed by atoms with Crippen LogP contribution in [0.5, 0.6) is 0 Å². The molecule has 1 fully saturated rings. The van der Waals surface area contributed by atoms with Crippen molar-refractivity contribution in [2.75, 3.05) is 18.1 Å². The molecule has 0 unspecified atom stereocenters. The molecule has 0 aromatic heterocycles. The fourth-order valence-corrected chi connectivity index (χ4v) is 3.28. The maximum absolute atomic E-state index is 10.7. The molecule has 1 N–H and O–H groups in total. The minimum Gasteiger partial charge on any atom is -0.395 e. The molecule has 3 nitrogen and oxygen atoms in total. The molecule has 1 aliphatic rings. The summed E-state index contributed by atoms with van der Waals surface area (Å²) in [5.74, 6) is 0. The van der Waals surface area contributed by atoms with E-state index in [1.54, 1.807) is 0 Å². The van der Waals surface area contributed by atoms with E-state index in [-0.39, 0.29) is 6.61 Å². The molecule has 4 heteroatoms. The molecule has 1 aromatic carbocycles. The average Bonchev–Trinajstić information content (AvgIpc) is 2.90. The van der Waals surface area contributed by atoms with Crippen molar-refractivity contribution in [3.63, 3.8) is 0 Å². The lowest BCUT2D eigenvalue weighted by Gasteiger charge is -2.31. The lowest BCUT2D eigenvalue weighted by Crippen LogP contribution is -2.35. The number of carbonyl (C=O) groups is 1. The van der Waals surface area contributed by atoms with Crippen LogP contribution in [0.2, 0.25) is 0 Å². The van der Waals surface area contributed by atoms with E-state index in [2.05, 4.69) is 20.8 Å². The number of carbonyl (C=O) groups excluding carboxylic acids is 1. The zero-order chi connectivity index (χ0) is 13.0. The van der Waals surface area contributed by atoms with Crippen LogP contribution < -0.4 is 4.90 Å². The summed E-state index contributed by atoms with van der Waals surface area (Å²) in [6, 6.07) is 6.13. The zero-order valence-electron chi connectivity index (χ0n) is 10.3. The van der Waals surface area contributed by atoms with Crippen LogP contribution >= 0.6 is 15.9 Å². The molecule has 2 rings (SSSR count). The highest BCUT2D eigenvalue weighted by molar-refractivity contribution is 9.10. The summed E-state index contributed by atoms with van der Waals surface area (Å²) in [6.07, 6.45) is 5.73. The standard InChI is InChI=1S/C14H18BrNO2/c15-13-9-11(10-18)5-6-14(13)16(7-8-17)12-3-1-2-4-12/h5-6,9-10,12,17H,1-4,7-8H2. The summed E-state index contributed by atoms with van der Waals surface area (Å²) < 4.78 is 0.924. The first kappa shape index (κ1) is 13.6. The van der Waals surface area contributed by atoms with Crippen molar-refractivity contribution in [2.45, 2.75) is 31.7 Å². The lowest BCUT2D eigenvalue weighted by molar-refractivity contribution is 0.112. The van der Waals surface area contributed by atoms with E-state index in [1.165, 1.54) is 25.7 Å². The van der Waals surface area contributed by atoms with E-state index in [4.69, 9.17) is 0 Å². The quantitative estimate of drug-likeness (QED) is 0.850. The Hall–Kier alpha value is -0.870. The molecular formula is C14H18BrNO2. The smallest absolute Gasteiger partial charge is 0.150 e. The summed E-state index contributed by atoms with van der Waals surface area (Å²) in [5.41, 5.74) is 1.74. The SMILES string of the molecule is O=Cc1ccc(N(CCO)C2CCCC2)c(Br)c1. The first-order valence-electron chi connectivity index (χ1n) is 6.38. The van der Waals surface area contributed by atoms with Gasteiger partial charge in [-0.05, 0) is 47.0 Å². The Bertz CT molecular complexity index is 416. The van der Waals surface area contributed by atoms with Gasteiger partial charge in [0.2, 0.25) is 0 Å². The summed E-state index contributed by atoms with van der Waals surface area (Å²) in [6.45, 7) is 0.794. The predicted molar refractivity (Wildman–Crippen MR) is 76.2 cm³/mol. The fraction of sp³-hybridized carbons (Fsp3) is 0.500. The minimum absolute atomic E-state index is 0.151. The van der Waals surface area contributed by atoms with Gasteiger partial charge in [0.1, 0.15) is 6.29 Å². The Morgan fingerprint density at radius 2 is 2.11 bits per heavy atom. The largest absolute Gasteiger partial charge is 0.395 e. The van der Waals surface area contributed by atoms with Crippen molar-refractivity contribution in [3.05, 3.63) is 28.2 Å².